The molecule has 9 heteroatoms. The number of rotatable bonds is 9. The fourth-order valence-corrected chi connectivity index (χ4v) is 5.98. The molecule has 1 heterocycles. The molecule has 5 aromatic rings. The van der Waals surface area contributed by atoms with E-state index in [0.29, 0.717) is 46.0 Å². The van der Waals surface area contributed by atoms with E-state index in [1.54, 1.807) is 60.7 Å². The Morgan fingerprint density at radius 3 is 1.98 bits per heavy atom. The molecule has 0 spiro atoms. The first kappa shape index (κ1) is 28.4. The van der Waals surface area contributed by atoms with Gasteiger partial charge in [-0.1, -0.05) is 78.9 Å². The Hall–Kier alpha value is -5.67. The molecule has 0 saturated heterocycles. The van der Waals surface area contributed by atoms with Crippen molar-refractivity contribution in [2.75, 3.05) is 15.4 Å². The van der Waals surface area contributed by atoms with Crippen molar-refractivity contribution < 1.29 is 18.0 Å². The van der Waals surface area contributed by atoms with Crippen LogP contribution in [0.15, 0.2) is 138 Å². The van der Waals surface area contributed by atoms with Gasteiger partial charge in [-0.25, -0.2) is 8.42 Å². The number of benzene rings is 5. The molecule has 8 nitrogen and oxygen atoms in total. The van der Waals surface area contributed by atoms with Gasteiger partial charge in [-0.2, -0.15) is 0 Å². The van der Waals surface area contributed by atoms with Crippen molar-refractivity contribution >= 4 is 50.2 Å². The van der Waals surface area contributed by atoms with Gasteiger partial charge in [-0.15, -0.1) is 0 Å². The number of sulfonamides is 1. The summed E-state index contributed by atoms with van der Waals surface area (Å²) < 4.78 is 28.6. The summed E-state index contributed by atoms with van der Waals surface area (Å²) in [5.41, 5.74) is 5.25. The van der Waals surface area contributed by atoms with Crippen LogP contribution < -0.4 is 20.7 Å². The smallest absolute Gasteiger partial charge is 0.261 e. The zero-order chi connectivity index (χ0) is 30.5. The lowest BCUT2D eigenvalue weighted by atomic mass is 9.99. The van der Waals surface area contributed by atoms with Gasteiger partial charge < -0.3 is 16.0 Å². The highest BCUT2D eigenvalue weighted by Crippen LogP contribution is 2.39. The van der Waals surface area contributed by atoms with Crippen molar-refractivity contribution in [2.24, 2.45) is 0 Å². The highest BCUT2D eigenvalue weighted by Gasteiger charge is 2.29. The molecule has 2 amide bonds. The summed E-state index contributed by atoms with van der Waals surface area (Å²) in [5.74, 6) is -0.525. The van der Waals surface area contributed by atoms with Gasteiger partial charge in [0, 0.05) is 34.7 Å². The number of nitrogens with one attached hydrogen (secondary N) is 4. The van der Waals surface area contributed by atoms with Gasteiger partial charge >= 0.3 is 0 Å². The molecule has 0 aliphatic carbocycles. The van der Waals surface area contributed by atoms with Crippen LogP contribution in [0.5, 0.6) is 0 Å². The van der Waals surface area contributed by atoms with E-state index in [-0.39, 0.29) is 16.7 Å². The molecule has 0 fully saturated rings. The quantitative estimate of drug-likeness (QED) is 0.147. The summed E-state index contributed by atoms with van der Waals surface area (Å²) in [6, 6.07) is 39.1. The maximum absolute atomic E-state index is 13.4. The van der Waals surface area contributed by atoms with Crippen molar-refractivity contribution in [3.05, 3.63) is 156 Å². The minimum Gasteiger partial charge on any atom is -0.354 e. The number of fused-ring (bicyclic) bond motifs is 1. The van der Waals surface area contributed by atoms with Crippen LogP contribution in [0, 0.1) is 0 Å². The molecule has 0 saturated carbocycles. The third kappa shape index (κ3) is 6.23. The van der Waals surface area contributed by atoms with Gasteiger partial charge in [0.1, 0.15) is 0 Å². The molecule has 0 aromatic heterocycles. The second-order valence-electron chi connectivity index (χ2n) is 10.1. The summed E-state index contributed by atoms with van der Waals surface area (Å²) in [5, 5.41) is 9.19. The van der Waals surface area contributed by atoms with Crippen LogP contribution in [0.1, 0.15) is 27.0 Å². The molecule has 0 radical (unpaired) electrons. The van der Waals surface area contributed by atoms with Crippen LogP contribution >= 0.6 is 0 Å². The summed E-state index contributed by atoms with van der Waals surface area (Å²) >= 11 is 0. The van der Waals surface area contributed by atoms with Gasteiger partial charge in [0.25, 0.3) is 21.8 Å². The standard InChI is InChI=1S/C35H28N4O4S/c40-34(36-23-24-10-4-1-5-11-24)26-16-18-27(19-17-26)37-33(25-12-6-2-7-13-25)32-30-22-28(20-21-31(30)38-35(32)41)39-44(42,43)29-14-8-3-9-15-29/h1-22,37,39H,23H2,(H,36,40)(H,38,41)/b33-32-. The van der Waals surface area contributed by atoms with Gasteiger partial charge in [-0.3, -0.25) is 14.3 Å². The molecule has 1 aliphatic rings. The average molecular weight is 601 g/mol. The van der Waals surface area contributed by atoms with Crippen LogP contribution in [0.3, 0.4) is 0 Å². The van der Waals surface area contributed by atoms with Crippen LogP contribution in [0.4, 0.5) is 17.1 Å². The van der Waals surface area contributed by atoms with E-state index in [1.807, 2.05) is 60.7 Å². The summed E-state index contributed by atoms with van der Waals surface area (Å²) in [7, 11) is -3.83. The number of hydrogen-bond acceptors (Lipinski definition) is 5. The Bertz CT molecular complexity index is 1960. The molecular weight excluding hydrogens is 572 g/mol. The maximum Gasteiger partial charge on any atom is 0.261 e. The Morgan fingerprint density at radius 1 is 0.682 bits per heavy atom. The third-order valence-electron chi connectivity index (χ3n) is 7.09. The first-order valence-corrected chi connectivity index (χ1v) is 15.4. The van der Waals surface area contributed by atoms with Gasteiger partial charge in [-0.05, 0) is 65.7 Å². The topological polar surface area (TPSA) is 116 Å². The molecule has 4 N–H and O–H groups in total. The van der Waals surface area contributed by atoms with E-state index in [0.717, 1.165) is 11.1 Å². The van der Waals surface area contributed by atoms with E-state index in [2.05, 4.69) is 20.7 Å². The number of hydrogen-bond donors (Lipinski definition) is 4. The van der Waals surface area contributed by atoms with E-state index >= 15 is 0 Å². The Kier molecular flexibility index (Phi) is 7.94. The van der Waals surface area contributed by atoms with E-state index < -0.39 is 10.0 Å². The highest BCUT2D eigenvalue weighted by molar-refractivity contribution is 7.92. The van der Waals surface area contributed by atoms with Crippen molar-refractivity contribution in [3.8, 4) is 0 Å². The Labute approximate surface area is 255 Å². The van der Waals surface area contributed by atoms with Crippen LogP contribution in [-0.2, 0) is 21.4 Å². The molecular formula is C35H28N4O4S. The van der Waals surface area contributed by atoms with Crippen molar-refractivity contribution in [1.29, 1.82) is 0 Å². The molecule has 0 unspecified atom stereocenters. The summed E-state index contributed by atoms with van der Waals surface area (Å²) in [4.78, 5) is 26.3. The van der Waals surface area contributed by atoms with Crippen molar-refractivity contribution in [3.63, 3.8) is 0 Å². The average Bonchev–Trinajstić information content (AvgIpc) is 3.38. The molecule has 1 aliphatic heterocycles. The van der Waals surface area contributed by atoms with E-state index in [4.69, 9.17) is 0 Å². The first-order chi connectivity index (χ1) is 21.4. The highest BCUT2D eigenvalue weighted by atomic mass is 32.2. The zero-order valence-electron chi connectivity index (χ0n) is 23.5. The monoisotopic (exact) mass is 600 g/mol. The number of carbonyl (C=O) groups excluding carboxylic acids is 2. The molecule has 0 bridgehead atoms. The zero-order valence-corrected chi connectivity index (χ0v) is 24.3. The molecule has 6 rings (SSSR count). The SMILES string of the molecule is O=C1Nc2ccc(NS(=O)(=O)c3ccccc3)cc2/C1=C(/Nc1ccc(C(=O)NCc2ccccc2)cc1)c1ccccc1. The van der Waals surface area contributed by atoms with Gasteiger partial charge in [0.05, 0.1) is 16.2 Å². The lowest BCUT2D eigenvalue weighted by Gasteiger charge is -2.16. The Balaban J connectivity index is 1.30. The number of anilines is 3. The van der Waals surface area contributed by atoms with Crippen LogP contribution in [0.25, 0.3) is 11.3 Å². The Morgan fingerprint density at radius 2 is 1.30 bits per heavy atom. The lowest BCUT2D eigenvalue weighted by molar-refractivity contribution is -0.110. The molecule has 44 heavy (non-hydrogen) atoms. The minimum absolute atomic E-state index is 0.134. The number of amides is 2. The number of carbonyl (C=O) groups is 2. The molecule has 218 valence electrons. The van der Waals surface area contributed by atoms with Crippen LogP contribution in [0.2, 0.25) is 0 Å². The normalized spacial score (nSPS) is 13.4. The molecule has 5 aromatic carbocycles. The first-order valence-electron chi connectivity index (χ1n) is 13.9. The fraction of sp³-hybridized carbons (Fsp3) is 0.0286. The minimum atomic E-state index is -3.83. The van der Waals surface area contributed by atoms with Crippen LogP contribution in [-0.4, -0.2) is 20.2 Å². The van der Waals surface area contributed by atoms with Crippen molar-refractivity contribution in [1.82, 2.24) is 5.32 Å². The lowest BCUT2D eigenvalue weighted by Crippen LogP contribution is -2.22. The van der Waals surface area contributed by atoms with E-state index in [1.165, 1.54) is 12.1 Å². The van der Waals surface area contributed by atoms with Gasteiger partial charge in [0.2, 0.25) is 0 Å². The fourth-order valence-electron chi connectivity index (χ4n) is 4.91. The van der Waals surface area contributed by atoms with Crippen molar-refractivity contribution in [2.45, 2.75) is 11.4 Å². The second-order valence-corrected chi connectivity index (χ2v) is 11.8. The van der Waals surface area contributed by atoms with E-state index in [9.17, 15) is 18.0 Å². The third-order valence-corrected chi connectivity index (χ3v) is 8.49. The largest absolute Gasteiger partial charge is 0.354 e. The summed E-state index contributed by atoms with van der Waals surface area (Å²) in [6.45, 7) is 0.419. The second kappa shape index (κ2) is 12.3. The summed E-state index contributed by atoms with van der Waals surface area (Å²) in [6.07, 6.45) is 0. The molecule has 0 atom stereocenters. The predicted molar refractivity (Wildman–Crippen MR) is 173 cm³/mol. The predicted octanol–water partition coefficient (Wildman–Crippen LogP) is 6.35. The maximum atomic E-state index is 13.4. The van der Waals surface area contributed by atoms with Gasteiger partial charge in [0.15, 0.2) is 0 Å².